The van der Waals surface area contributed by atoms with E-state index in [2.05, 4.69) is 4.98 Å². The van der Waals surface area contributed by atoms with Crippen molar-refractivity contribution in [3.05, 3.63) is 45.9 Å². The predicted octanol–water partition coefficient (Wildman–Crippen LogP) is 2.75. The fraction of sp³-hybridized carbons (Fsp3) is 0.167. The van der Waals surface area contributed by atoms with Gasteiger partial charge in [-0.25, -0.2) is 14.2 Å². The van der Waals surface area contributed by atoms with Crippen LogP contribution < -0.4 is 5.63 Å². The van der Waals surface area contributed by atoms with Crippen molar-refractivity contribution >= 4 is 17.0 Å². The molecule has 0 atom stereocenters. The quantitative estimate of drug-likeness (QED) is 0.740. The zero-order chi connectivity index (χ0) is 11.7. The lowest BCUT2D eigenvalue weighted by atomic mass is 10.2. The van der Waals surface area contributed by atoms with E-state index in [1.165, 1.54) is 12.1 Å². The highest BCUT2D eigenvalue weighted by Gasteiger charge is 2.08. The summed E-state index contributed by atoms with van der Waals surface area (Å²) in [7, 11) is 0. The molecule has 0 aliphatic heterocycles. The molecule has 1 aromatic heterocycles. The maximum atomic E-state index is 13.3. The summed E-state index contributed by atoms with van der Waals surface area (Å²) in [5.41, 5.74) is 0.561. The maximum Gasteiger partial charge on any atom is 0.350 e. The summed E-state index contributed by atoms with van der Waals surface area (Å²) in [5.74, 6) is -0.411. The Morgan fingerprint density at radius 3 is 2.88 bits per heavy atom. The Kier molecular flexibility index (Phi) is 2.56. The molecular formula is C12H10FNO2. The van der Waals surface area contributed by atoms with E-state index in [0.29, 0.717) is 5.52 Å². The number of rotatable bonds is 1. The lowest BCUT2D eigenvalue weighted by molar-refractivity contribution is 0.486. The molecule has 1 aromatic carbocycles. The van der Waals surface area contributed by atoms with Crippen LogP contribution in [-0.4, -0.2) is 4.98 Å². The van der Waals surface area contributed by atoms with Crippen molar-refractivity contribution in [2.45, 2.75) is 13.8 Å². The first-order chi connectivity index (χ1) is 7.58. The second kappa shape index (κ2) is 3.89. The SMILES string of the molecule is CC(C)=Cc1nc2cccc(F)c2c(=O)o1. The van der Waals surface area contributed by atoms with Crippen LogP contribution >= 0.6 is 0 Å². The number of aromatic nitrogens is 1. The summed E-state index contributed by atoms with van der Waals surface area (Å²) in [4.78, 5) is 15.6. The third-order valence-electron chi connectivity index (χ3n) is 2.04. The molecule has 0 radical (unpaired) electrons. The zero-order valence-corrected chi connectivity index (χ0v) is 8.95. The number of allylic oxidation sites excluding steroid dienone is 1. The summed E-state index contributed by atoms with van der Waals surface area (Å²) >= 11 is 0. The first kappa shape index (κ1) is 10.5. The van der Waals surface area contributed by atoms with Crippen LogP contribution in [0.5, 0.6) is 0 Å². The molecule has 0 fully saturated rings. The second-order valence-corrected chi connectivity index (χ2v) is 3.70. The molecule has 3 nitrogen and oxygen atoms in total. The molecule has 0 N–H and O–H groups in total. The van der Waals surface area contributed by atoms with Crippen molar-refractivity contribution in [2.75, 3.05) is 0 Å². The fourth-order valence-electron chi connectivity index (χ4n) is 1.40. The van der Waals surface area contributed by atoms with Gasteiger partial charge < -0.3 is 4.42 Å². The fourth-order valence-corrected chi connectivity index (χ4v) is 1.40. The summed E-state index contributed by atoms with van der Waals surface area (Å²) in [6.45, 7) is 3.72. The van der Waals surface area contributed by atoms with Gasteiger partial charge in [-0.05, 0) is 32.1 Å². The average molecular weight is 219 g/mol. The van der Waals surface area contributed by atoms with E-state index in [0.717, 1.165) is 5.57 Å². The van der Waals surface area contributed by atoms with E-state index >= 15 is 0 Å². The number of hydrogen-bond acceptors (Lipinski definition) is 3. The lowest BCUT2D eigenvalue weighted by Crippen LogP contribution is -2.05. The van der Waals surface area contributed by atoms with Crippen LogP contribution in [-0.2, 0) is 0 Å². The summed E-state index contributed by atoms with van der Waals surface area (Å²) in [5, 5.41) is -0.103. The van der Waals surface area contributed by atoms with Gasteiger partial charge in [0, 0.05) is 0 Å². The first-order valence-corrected chi connectivity index (χ1v) is 4.82. The summed E-state index contributed by atoms with van der Waals surface area (Å²) < 4.78 is 18.2. The number of fused-ring (bicyclic) bond motifs is 1. The minimum absolute atomic E-state index is 0.103. The van der Waals surface area contributed by atoms with Crippen LogP contribution in [0.2, 0.25) is 0 Å². The summed E-state index contributed by atoms with van der Waals surface area (Å²) in [6, 6.07) is 4.30. The van der Waals surface area contributed by atoms with Crippen LogP contribution in [0, 0.1) is 5.82 Å². The molecule has 0 amide bonds. The molecule has 16 heavy (non-hydrogen) atoms. The van der Waals surface area contributed by atoms with Crippen LogP contribution in [0.4, 0.5) is 4.39 Å². The number of halogens is 1. The van der Waals surface area contributed by atoms with Crippen LogP contribution in [0.1, 0.15) is 19.7 Å². The van der Waals surface area contributed by atoms with E-state index in [1.807, 2.05) is 13.8 Å². The molecule has 4 heteroatoms. The van der Waals surface area contributed by atoms with Gasteiger partial charge in [-0.2, -0.15) is 0 Å². The third kappa shape index (κ3) is 1.86. The Hall–Kier alpha value is -1.97. The number of hydrogen-bond donors (Lipinski definition) is 0. The van der Waals surface area contributed by atoms with Crippen molar-refractivity contribution in [1.29, 1.82) is 0 Å². The molecule has 2 rings (SSSR count). The Bertz CT molecular complexity index is 624. The van der Waals surface area contributed by atoms with E-state index in [9.17, 15) is 9.18 Å². The largest absolute Gasteiger partial charge is 0.404 e. The van der Waals surface area contributed by atoms with Crippen molar-refractivity contribution in [3.63, 3.8) is 0 Å². The highest BCUT2D eigenvalue weighted by molar-refractivity contribution is 5.78. The standard InChI is InChI=1S/C12H10FNO2/c1-7(2)6-10-14-9-5-3-4-8(13)11(9)12(15)16-10/h3-6H,1-2H3. The molecule has 0 bridgehead atoms. The zero-order valence-electron chi connectivity index (χ0n) is 8.95. The van der Waals surface area contributed by atoms with Crippen molar-refractivity contribution in [1.82, 2.24) is 4.98 Å². The Morgan fingerprint density at radius 2 is 2.19 bits per heavy atom. The minimum Gasteiger partial charge on any atom is -0.404 e. The third-order valence-corrected chi connectivity index (χ3v) is 2.04. The Balaban J connectivity index is 2.79. The van der Waals surface area contributed by atoms with Gasteiger partial charge in [-0.3, -0.25) is 0 Å². The topological polar surface area (TPSA) is 43.1 Å². The predicted molar refractivity (Wildman–Crippen MR) is 59.6 cm³/mol. The highest BCUT2D eigenvalue weighted by Crippen LogP contribution is 2.13. The van der Waals surface area contributed by atoms with Crippen LogP contribution in [0.15, 0.2) is 33.0 Å². The molecule has 0 spiro atoms. The van der Waals surface area contributed by atoms with Gasteiger partial charge in [-0.1, -0.05) is 11.6 Å². The van der Waals surface area contributed by atoms with E-state index in [1.54, 1.807) is 12.1 Å². The van der Waals surface area contributed by atoms with Crippen LogP contribution in [0.25, 0.3) is 17.0 Å². The highest BCUT2D eigenvalue weighted by atomic mass is 19.1. The van der Waals surface area contributed by atoms with Gasteiger partial charge in [0.25, 0.3) is 0 Å². The van der Waals surface area contributed by atoms with E-state index in [-0.39, 0.29) is 11.3 Å². The molecule has 0 unspecified atom stereocenters. The molecule has 82 valence electrons. The van der Waals surface area contributed by atoms with Gasteiger partial charge in [0.05, 0.1) is 5.52 Å². The molecule has 0 aliphatic carbocycles. The summed E-state index contributed by atoms with van der Waals surface area (Å²) in [6.07, 6.45) is 1.63. The molecule has 0 saturated carbocycles. The van der Waals surface area contributed by atoms with Gasteiger partial charge in [0.1, 0.15) is 11.2 Å². The molecule has 2 aromatic rings. The van der Waals surface area contributed by atoms with Gasteiger partial charge in [0.15, 0.2) is 0 Å². The van der Waals surface area contributed by atoms with Crippen molar-refractivity contribution in [3.8, 4) is 0 Å². The maximum absolute atomic E-state index is 13.3. The van der Waals surface area contributed by atoms with Crippen LogP contribution in [0.3, 0.4) is 0 Å². The minimum atomic E-state index is -0.699. The van der Waals surface area contributed by atoms with Gasteiger partial charge in [0.2, 0.25) is 5.89 Å². The van der Waals surface area contributed by atoms with E-state index < -0.39 is 11.4 Å². The van der Waals surface area contributed by atoms with E-state index in [4.69, 9.17) is 4.42 Å². The smallest absolute Gasteiger partial charge is 0.350 e. The number of nitrogens with zero attached hydrogens (tertiary/aromatic N) is 1. The molecule has 0 aliphatic rings. The number of benzene rings is 1. The normalized spacial score (nSPS) is 10.4. The first-order valence-electron chi connectivity index (χ1n) is 4.82. The Morgan fingerprint density at radius 1 is 1.44 bits per heavy atom. The molecule has 0 saturated heterocycles. The van der Waals surface area contributed by atoms with Crippen molar-refractivity contribution in [2.24, 2.45) is 0 Å². The average Bonchev–Trinajstić information content (AvgIpc) is 2.15. The van der Waals surface area contributed by atoms with Gasteiger partial charge in [-0.15, -0.1) is 0 Å². The van der Waals surface area contributed by atoms with Gasteiger partial charge >= 0.3 is 5.63 Å². The Labute approximate surface area is 91.2 Å². The lowest BCUT2D eigenvalue weighted by Gasteiger charge is -1.98. The molecule has 1 heterocycles. The monoisotopic (exact) mass is 219 g/mol. The van der Waals surface area contributed by atoms with Crippen molar-refractivity contribution < 1.29 is 8.81 Å². The molecular weight excluding hydrogens is 209 g/mol. The second-order valence-electron chi connectivity index (χ2n) is 3.70.